The van der Waals surface area contributed by atoms with Crippen LogP contribution in [0.3, 0.4) is 0 Å². The highest BCUT2D eigenvalue weighted by atomic mass is 16.5. The zero-order chi connectivity index (χ0) is 13.3. The van der Waals surface area contributed by atoms with E-state index in [1.165, 1.54) is 24.0 Å². The molecule has 0 amide bonds. The molecule has 3 rings (SSSR count). The summed E-state index contributed by atoms with van der Waals surface area (Å²) in [5, 5.41) is 3.51. The average Bonchev–Trinajstić information content (AvgIpc) is 3.16. The maximum absolute atomic E-state index is 12.4. The summed E-state index contributed by atoms with van der Waals surface area (Å²) in [6, 6.07) is 8.33. The molecular formula is C16H21NO2. The molecule has 102 valence electrons. The van der Waals surface area contributed by atoms with Gasteiger partial charge in [0.05, 0.1) is 6.61 Å². The third-order valence-corrected chi connectivity index (χ3v) is 4.20. The van der Waals surface area contributed by atoms with Crippen LogP contribution in [0.4, 0.5) is 0 Å². The zero-order valence-electron chi connectivity index (χ0n) is 11.4. The van der Waals surface area contributed by atoms with Crippen LogP contribution in [-0.4, -0.2) is 24.7 Å². The quantitative estimate of drug-likeness (QED) is 0.823. The molecule has 0 radical (unpaired) electrons. The Morgan fingerprint density at radius 1 is 1.32 bits per heavy atom. The highest BCUT2D eigenvalue weighted by Crippen LogP contribution is 2.33. The van der Waals surface area contributed by atoms with Gasteiger partial charge >= 0.3 is 5.97 Å². The summed E-state index contributed by atoms with van der Waals surface area (Å²) in [4.78, 5) is 12.4. The number of hydrogen-bond acceptors (Lipinski definition) is 3. The van der Waals surface area contributed by atoms with Crippen molar-refractivity contribution in [3.05, 3.63) is 35.4 Å². The molecule has 3 nitrogen and oxygen atoms in total. The minimum Gasteiger partial charge on any atom is -0.465 e. The van der Waals surface area contributed by atoms with Gasteiger partial charge in [0.2, 0.25) is 0 Å². The van der Waals surface area contributed by atoms with Crippen LogP contribution in [0.5, 0.6) is 0 Å². The number of carbonyl (C=O) groups is 1. The molecule has 0 aromatic heterocycles. The molecule has 2 aliphatic rings. The van der Waals surface area contributed by atoms with E-state index in [0.29, 0.717) is 6.61 Å². The van der Waals surface area contributed by atoms with Crippen molar-refractivity contribution in [3.8, 4) is 0 Å². The lowest BCUT2D eigenvalue weighted by Crippen LogP contribution is -2.54. The summed E-state index contributed by atoms with van der Waals surface area (Å²) in [5.41, 5.74) is 2.03. The Labute approximate surface area is 114 Å². The third-order valence-electron chi connectivity index (χ3n) is 4.20. The highest BCUT2D eigenvalue weighted by Gasteiger charge is 2.45. The number of rotatable bonds is 5. The van der Waals surface area contributed by atoms with E-state index in [0.717, 1.165) is 25.3 Å². The molecule has 0 spiro atoms. The minimum absolute atomic E-state index is 0.0909. The van der Waals surface area contributed by atoms with Gasteiger partial charge in [0, 0.05) is 12.8 Å². The van der Waals surface area contributed by atoms with Gasteiger partial charge in [0.1, 0.15) is 5.54 Å². The minimum atomic E-state index is -0.526. The van der Waals surface area contributed by atoms with Crippen LogP contribution in [0.25, 0.3) is 0 Å². The highest BCUT2D eigenvalue weighted by molar-refractivity contribution is 5.83. The predicted octanol–water partition coefficient (Wildman–Crippen LogP) is 2.09. The van der Waals surface area contributed by atoms with Gasteiger partial charge in [-0.2, -0.15) is 0 Å². The van der Waals surface area contributed by atoms with Crippen LogP contribution < -0.4 is 5.32 Å². The first kappa shape index (κ1) is 12.7. The third kappa shape index (κ3) is 2.52. The molecule has 0 saturated heterocycles. The van der Waals surface area contributed by atoms with E-state index in [-0.39, 0.29) is 5.97 Å². The Morgan fingerprint density at radius 3 is 2.47 bits per heavy atom. The van der Waals surface area contributed by atoms with Gasteiger partial charge in [-0.3, -0.25) is 4.79 Å². The largest absolute Gasteiger partial charge is 0.465 e. The lowest BCUT2D eigenvalue weighted by Gasteiger charge is -2.28. The molecule has 0 unspecified atom stereocenters. The second-order valence-electron chi connectivity index (χ2n) is 5.75. The summed E-state index contributed by atoms with van der Waals surface area (Å²) >= 11 is 0. The van der Waals surface area contributed by atoms with E-state index in [9.17, 15) is 4.79 Å². The molecule has 0 bridgehead atoms. The molecule has 0 heterocycles. The smallest absolute Gasteiger partial charge is 0.327 e. The van der Waals surface area contributed by atoms with Gasteiger partial charge in [0.25, 0.3) is 0 Å². The fourth-order valence-corrected chi connectivity index (χ4v) is 2.89. The molecule has 2 aliphatic carbocycles. The van der Waals surface area contributed by atoms with Gasteiger partial charge in [-0.15, -0.1) is 0 Å². The molecule has 0 aliphatic heterocycles. The van der Waals surface area contributed by atoms with Gasteiger partial charge < -0.3 is 10.1 Å². The Morgan fingerprint density at radius 2 is 1.95 bits per heavy atom. The van der Waals surface area contributed by atoms with Crippen LogP contribution in [-0.2, 0) is 22.4 Å². The van der Waals surface area contributed by atoms with Crippen molar-refractivity contribution in [2.75, 3.05) is 13.2 Å². The van der Waals surface area contributed by atoms with Gasteiger partial charge in [-0.1, -0.05) is 24.3 Å². The van der Waals surface area contributed by atoms with Crippen molar-refractivity contribution in [1.29, 1.82) is 0 Å². The Balaban J connectivity index is 1.79. The number of fused-ring (bicyclic) bond motifs is 1. The van der Waals surface area contributed by atoms with E-state index in [1.807, 2.05) is 19.1 Å². The molecular weight excluding hydrogens is 238 g/mol. The fourth-order valence-electron chi connectivity index (χ4n) is 2.89. The number of esters is 1. The number of benzene rings is 1. The summed E-state index contributed by atoms with van der Waals surface area (Å²) in [6.07, 6.45) is 4.10. The van der Waals surface area contributed by atoms with Crippen LogP contribution in [0.1, 0.15) is 30.9 Å². The van der Waals surface area contributed by atoms with Crippen LogP contribution in [0, 0.1) is 5.92 Å². The molecule has 1 N–H and O–H groups in total. The zero-order valence-corrected chi connectivity index (χ0v) is 11.4. The molecule has 1 fully saturated rings. The summed E-state index contributed by atoms with van der Waals surface area (Å²) in [5.74, 6) is 0.668. The van der Waals surface area contributed by atoms with Crippen molar-refractivity contribution in [2.45, 2.75) is 38.1 Å². The second-order valence-corrected chi connectivity index (χ2v) is 5.75. The number of nitrogens with one attached hydrogen (secondary N) is 1. The van der Waals surface area contributed by atoms with Crippen molar-refractivity contribution < 1.29 is 9.53 Å². The van der Waals surface area contributed by atoms with Gasteiger partial charge in [-0.25, -0.2) is 0 Å². The summed E-state index contributed by atoms with van der Waals surface area (Å²) in [6.45, 7) is 3.25. The van der Waals surface area contributed by atoms with Crippen molar-refractivity contribution >= 4 is 5.97 Å². The molecule has 1 aromatic carbocycles. The van der Waals surface area contributed by atoms with Gasteiger partial charge in [0.15, 0.2) is 0 Å². The Hall–Kier alpha value is -1.35. The van der Waals surface area contributed by atoms with Crippen molar-refractivity contribution in [3.63, 3.8) is 0 Å². The summed E-state index contributed by atoms with van der Waals surface area (Å²) in [7, 11) is 0. The SMILES string of the molecule is CCOC(=O)C1(NCC2CC2)Cc2ccccc2C1. The first-order valence-electron chi connectivity index (χ1n) is 7.22. The van der Waals surface area contributed by atoms with Crippen molar-refractivity contribution in [1.82, 2.24) is 5.32 Å². The standard InChI is InChI=1S/C16H21NO2/c1-2-19-15(18)16(17-11-12-7-8-12)9-13-5-3-4-6-14(13)10-16/h3-6,12,17H,2,7-11H2,1H3. The first-order valence-corrected chi connectivity index (χ1v) is 7.22. The first-order chi connectivity index (χ1) is 9.23. The molecule has 3 heteroatoms. The molecule has 0 atom stereocenters. The maximum atomic E-state index is 12.4. The number of carbonyl (C=O) groups excluding carboxylic acids is 1. The van der Waals surface area contributed by atoms with E-state index in [1.54, 1.807) is 0 Å². The normalized spacial score (nSPS) is 20.1. The van der Waals surface area contributed by atoms with Crippen molar-refractivity contribution in [2.24, 2.45) is 5.92 Å². The average molecular weight is 259 g/mol. The predicted molar refractivity (Wildman–Crippen MR) is 73.9 cm³/mol. The topological polar surface area (TPSA) is 38.3 Å². The lowest BCUT2D eigenvalue weighted by atomic mass is 9.95. The molecule has 1 saturated carbocycles. The van der Waals surface area contributed by atoms with E-state index < -0.39 is 5.54 Å². The number of ether oxygens (including phenoxy) is 1. The van der Waals surface area contributed by atoms with E-state index in [4.69, 9.17) is 4.74 Å². The van der Waals surface area contributed by atoms with Crippen LogP contribution in [0.2, 0.25) is 0 Å². The fraction of sp³-hybridized carbons (Fsp3) is 0.562. The Kier molecular flexibility index (Phi) is 3.31. The van der Waals surface area contributed by atoms with E-state index in [2.05, 4.69) is 17.4 Å². The van der Waals surface area contributed by atoms with E-state index >= 15 is 0 Å². The second kappa shape index (κ2) is 4.97. The van der Waals surface area contributed by atoms with Crippen LogP contribution >= 0.6 is 0 Å². The Bertz CT molecular complexity index is 454. The maximum Gasteiger partial charge on any atom is 0.327 e. The van der Waals surface area contributed by atoms with Crippen LogP contribution in [0.15, 0.2) is 24.3 Å². The summed E-state index contributed by atoms with van der Waals surface area (Å²) < 4.78 is 5.31. The molecule has 1 aromatic rings. The molecule has 19 heavy (non-hydrogen) atoms. The number of hydrogen-bond donors (Lipinski definition) is 1. The lowest BCUT2D eigenvalue weighted by molar-refractivity contribution is -0.150. The van der Waals surface area contributed by atoms with Gasteiger partial charge in [-0.05, 0) is 43.4 Å². The monoisotopic (exact) mass is 259 g/mol.